The van der Waals surface area contributed by atoms with Gasteiger partial charge in [0.25, 0.3) is 0 Å². The Balaban J connectivity index is 2.81. The SMILES string of the molecule is CCC(C)C(Cc1cc(C)ccc1C)NC. The maximum atomic E-state index is 3.45. The molecule has 1 aromatic carbocycles. The smallest absolute Gasteiger partial charge is 0.0130 e. The minimum Gasteiger partial charge on any atom is -0.316 e. The number of aryl methyl sites for hydroxylation is 2. The standard InChI is InChI=1S/C15H25N/c1-6-12(3)15(16-5)10-14-9-11(2)7-8-13(14)4/h7-9,12,15-16H,6,10H2,1-5H3. The first-order valence-electron chi connectivity index (χ1n) is 6.31. The molecule has 0 saturated carbocycles. The zero-order valence-corrected chi connectivity index (χ0v) is 11.3. The van der Waals surface area contributed by atoms with Crippen LogP contribution in [0.4, 0.5) is 0 Å². The number of rotatable bonds is 5. The van der Waals surface area contributed by atoms with E-state index in [1.165, 1.54) is 23.1 Å². The molecule has 0 aliphatic rings. The predicted octanol–water partition coefficient (Wildman–Crippen LogP) is 3.48. The van der Waals surface area contributed by atoms with E-state index in [1.807, 2.05) is 0 Å². The highest BCUT2D eigenvalue weighted by Crippen LogP contribution is 2.17. The summed E-state index contributed by atoms with van der Waals surface area (Å²) in [6.45, 7) is 8.96. The Morgan fingerprint density at radius 3 is 2.50 bits per heavy atom. The predicted molar refractivity (Wildman–Crippen MR) is 71.9 cm³/mol. The van der Waals surface area contributed by atoms with Gasteiger partial charge in [-0.1, -0.05) is 44.0 Å². The van der Waals surface area contributed by atoms with Crippen LogP contribution in [0.3, 0.4) is 0 Å². The molecule has 0 spiro atoms. The largest absolute Gasteiger partial charge is 0.316 e. The second kappa shape index (κ2) is 6.05. The topological polar surface area (TPSA) is 12.0 Å². The first-order chi connectivity index (χ1) is 7.58. The van der Waals surface area contributed by atoms with Crippen LogP contribution in [-0.4, -0.2) is 13.1 Å². The summed E-state index contributed by atoms with van der Waals surface area (Å²) in [5.41, 5.74) is 4.26. The molecule has 1 N–H and O–H groups in total. The lowest BCUT2D eigenvalue weighted by Crippen LogP contribution is -2.34. The van der Waals surface area contributed by atoms with E-state index in [2.05, 4.69) is 58.3 Å². The third kappa shape index (κ3) is 3.34. The summed E-state index contributed by atoms with van der Waals surface area (Å²) in [4.78, 5) is 0. The van der Waals surface area contributed by atoms with Gasteiger partial charge in [0, 0.05) is 6.04 Å². The van der Waals surface area contributed by atoms with Crippen molar-refractivity contribution in [2.45, 2.75) is 46.6 Å². The van der Waals surface area contributed by atoms with E-state index in [-0.39, 0.29) is 0 Å². The summed E-state index contributed by atoms with van der Waals surface area (Å²) >= 11 is 0. The van der Waals surface area contributed by atoms with Gasteiger partial charge in [0.1, 0.15) is 0 Å². The van der Waals surface area contributed by atoms with Crippen LogP contribution in [-0.2, 0) is 6.42 Å². The van der Waals surface area contributed by atoms with Crippen molar-refractivity contribution in [1.29, 1.82) is 0 Å². The second-order valence-corrected chi connectivity index (χ2v) is 4.91. The molecule has 0 fully saturated rings. The van der Waals surface area contributed by atoms with E-state index >= 15 is 0 Å². The molecule has 2 atom stereocenters. The van der Waals surface area contributed by atoms with Gasteiger partial charge in [-0.2, -0.15) is 0 Å². The van der Waals surface area contributed by atoms with Gasteiger partial charge >= 0.3 is 0 Å². The molecule has 1 heteroatoms. The Morgan fingerprint density at radius 2 is 1.94 bits per heavy atom. The highest BCUT2D eigenvalue weighted by atomic mass is 14.9. The fourth-order valence-corrected chi connectivity index (χ4v) is 2.13. The molecule has 1 nitrogen and oxygen atoms in total. The van der Waals surface area contributed by atoms with Gasteiger partial charge in [0.15, 0.2) is 0 Å². The molecule has 1 aromatic rings. The molecule has 16 heavy (non-hydrogen) atoms. The average molecular weight is 219 g/mol. The molecule has 0 bridgehead atoms. The molecule has 0 amide bonds. The molecule has 0 aromatic heterocycles. The monoisotopic (exact) mass is 219 g/mol. The summed E-state index contributed by atoms with van der Waals surface area (Å²) in [5, 5.41) is 3.45. The maximum absolute atomic E-state index is 3.45. The Morgan fingerprint density at radius 1 is 1.25 bits per heavy atom. The van der Waals surface area contributed by atoms with Gasteiger partial charge in [0.05, 0.1) is 0 Å². The molecular weight excluding hydrogens is 194 g/mol. The van der Waals surface area contributed by atoms with Crippen LogP contribution in [0.1, 0.15) is 37.0 Å². The lowest BCUT2D eigenvalue weighted by molar-refractivity contribution is 0.386. The van der Waals surface area contributed by atoms with Crippen LogP contribution in [0.15, 0.2) is 18.2 Å². The number of likely N-dealkylation sites (N-methyl/N-ethyl adjacent to an activating group) is 1. The van der Waals surface area contributed by atoms with Crippen molar-refractivity contribution in [3.05, 3.63) is 34.9 Å². The van der Waals surface area contributed by atoms with Crippen LogP contribution in [0, 0.1) is 19.8 Å². The Kier molecular flexibility index (Phi) is 5.01. The number of hydrogen-bond acceptors (Lipinski definition) is 1. The minimum absolute atomic E-state index is 0.588. The molecule has 90 valence electrons. The molecule has 0 radical (unpaired) electrons. The van der Waals surface area contributed by atoms with Crippen molar-refractivity contribution >= 4 is 0 Å². The Bertz CT molecular complexity index is 330. The summed E-state index contributed by atoms with van der Waals surface area (Å²) in [7, 11) is 2.07. The van der Waals surface area contributed by atoms with Gasteiger partial charge in [-0.25, -0.2) is 0 Å². The van der Waals surface area contributed by atoms with Crippen molar-refractivity contribution in [1.82, 2.24) is 5.32 Å². The van der Waals surface area contributed by atoms with Crippen molar-refractivity contribution in [3.8, 4) is 0 Å². The number of hydrogen-bond donors (Lipinski definition) is 1. The van der Waals surface area contributed by atoms with Gasteiger partial charge in [-0.15, -0.1) is 0 Å². The maximum Gasteiger partial charge on any atom is 0.0130 e. The molecule has 0 aliphatic carbocycles. The van der Waals surface area contributed by atoms with Gasteiger partial charge in [0.2, 0.25) is 0 Å². The van der Waals surface area contributed by atoms with E-state index < -0.39 is 0 Å². The third-order valence-electron chi connectivity index (χ3n) is 3.65. The first-order valence-corrected chi connectivity index (χ1v) is 6.31. The lowest BCUT2D eigenvalue weighted by atomic mass is 9.91. The Hall–Kier alpha value is -0.820. The summed E-state index contributed by atoms with van der Waals surface area (Å²) in [6, 6.07) is 7.33. The summed E-state index contributed by atoms with van der Waals surface area (Å²) < 4.78 is 0. The van der Waals surface area contributed by atoms with E-state index in [9.17, 15) is 0 Å². The molecular formula is C15H25N. The van der Waals surface area contributed by atoms with Crippen LogP contribution < -0.4 is 5.32 Å². The Labute approximate surface area is 100 Å². The number of nitrogens with one attached hydrogen (secondary N) is 1. The summed E-state index contributed by atoms with van der Waals surface area (Å²) in [6.07, 6.45) is 2.37. The van der Waals surface area contributed by atoms with Crippen LogP contribution >= 0.6 is 0 Å². The molecule has 1 rings (SSSR count). The van der Waals surface area contributed by atoms with Crippen molar-refractivity contribution in [2.75, 3.05) is 7.05 Å². The quantitative estimate of drug-likeness (QED) is 0.799. The first kappa shape index (κ1) is 13.2. The zero-order chi connectivity index (χ0) is 12.1. The third-order valence-corrected chi connectivity index (χ3v) is 3.65. The van der Waals surface area contributed by atoms with E-state index in [0.717, 1.165) is 12.3 Å². The summed E-state index contributed by atoms with van der Waals surface area (Å²) in [5.74, 6) is 0.727. The van der Waals surface area contributed by atoms with Gasteiger partial charge in [-0.3, -0.25) is 0 Å². The van der Waals surface area contributed by atoms with Crippen molar-refractivity contribution in [2.24, 2.45) is 5.92 Å². The minimum atomic E-state index is 0.588. The van der Waals surface area contributed by atoms with Crippen LogP contribution in [0.25, 0.3) is 0 Å². The molecule has 2 unspecified atom stereocenters. The zero-order valence-electron chi connectivity index (χ0n) is 11.3. The highest BCUT2D eigenvalue weighted by molar-refractivity contribution is 5.31. The second-order valence-electron chi connectivity index (χ2n) is 4.91. The highest BCUT2D eigenvalue weighted by Gasteiger charge is 2.15. The van der Waals surface area contributed by atoms with Gasteiger partial charge in [-0.05, 0) is 44.4 Å². The van der Waals surface area contributed by atoms with E-state index in [1.54, 1.807) is 0 Å². The van der Waals surface area contributed by atoms with Gasteiger partial charge < -0.3 is 5.32 Å². The number of benzene rings is 1. The fourth-order valence-electron chi connectivity index (χ4n) is 2.13. The normalized spacial score (nSPS) is 14.8. The van der Waals surface area contributed by atoms with E-state index in [0.29, 0.717) is 6.04 Å². The van der Waals surface area contributed by atoms with Crippen LogP contribution in [0.2, 0.25) is 0 Å². The molecule has 0 heterocycles. The molecule has 0 aliphatic heterocycles. The lowest BCUT2D eigenvalue weighted by Gasteiger charge is -2.23. The van der Waals surface area contributed by atoms with Crippen molar-refractivity contribution < 1.29 is 0 Å². The average Bonchev–Trinajstić information content (AvgIpc) is 2.29. The van der Waals surface area contributed by atoms with Crippen molar-refractivity contribution in [3.63, 3.8) is 0 Å². The molecule has 0 saturated heterocycles. The van der Waals surface area contributed by atoms with Crippen LogP contribution in [0.5, 0.6) is 0 Å². The van der Waals surface area contributed by atoms with E-state index in [4.69, 9.17) is 0 Å². The fraction of sp³-hybridized carbons (Fsp3) is 0.600.